The molecule has 1 aromatic heterocycles. The number of methoxy groups -OCH3 is 1. The minimum atomic E-state index is -0.631. The number of carbonyl (C=O) groups excluding carboxylic acids is 2. The second-order valence-corrected chi connectivity index (χ2v) is 5.95. The number of amides is 2. The van der Waals surface area contributed by atoms with E-state index >= 15 is 0 Å². The number of rotatable bonds is 2. The van der Waals surface area contributed by atoms with Gasteiger partial charge in [-0.05, 0) is 44.9 Å². The third-order valence-electron chi connectivity index (χ3n) is 3.09. The molecule has 0 radical (unpaired) electrons. The zero-order valence-corrected chi connectivity index (χ0v) is 13.3. The molecular weight excluding hydrogens is 284 g/mol. The van der Waals surface area contributed by atoms with Gasteiger partial charge in [-0.2, -0.15) is 0 Å². The fraction of sp³-hybridized carbons (Fsp3) is 0.438. The van der Waals surface area contributed by atoms with Crippen molar-refractivity contribution in [2.45, 2.75) is 32.8 Å². The maximum Gasteiger partial charge on any atom is 0.417 e. The van der Waals surface area contributed by atoms with Crippen LogP contribution in [0.4, 0.5) is 4.79 Å². The summed E-state index contributed by atoms with van der Waals surface area (Å²) in [5, 5.41) is 0. The highest BCUT2D eigenvalue weighted by Gasteiger charge is 2.29. The Morgan fingerprint density at radius 2 is 2.09 bits per heavy atom. The summed E-state index contributed by atoms with van der Waals surface area (Å²) in [5.74, 6) is 0.0775. The molecule has 0 unspecified atom stereocenters. The van der Waals surface area contributed by atoms with Crippen LogP contribution in [-0.4, -0.2) is 41.1 Å². The maximum absolute atomic E-state index is 12.2. The number of pyridine rings is 1. The molecule has 0 fully saturated rings. The summed E-state index contributed by atoms with van der Waals surface area (Å²) in [6, 6.07) is 3.62. The highest BCUT2D eigenvalue weighted by atomic mass is 16.6. The fourth-order valence-electron chi connectivity index (χ4n) is 2.15. The van der Waals surface area contributed by atoms with E-state index in [-0.39, 0.29) is 12.5 Å². The Kier molecular flexibility index (Phi) is 4.49. The molecule has 0 saturated heterocycles. The molecular formula is C16H20N2O4. The summed E-state index contributed by atoms with van der Waals surface area (Å²) < 4.78 is 10.4. The van der Waals surface area contributed by atoms with E-state index in [9.17, 15) is 9.59 Å². The molecule has 1 aromatic rings. The third kappa shape index (κ3) is 3.63. The van der Waals surface area contributed by atoms with Gasteiger partial charge in [-0.1, -0.05) is 0 Å². The Balaban J connectivity index is 2.19. The lowest BCUT2D eigenvalue weighted by atomic mass is 10.0. The molecule has 1 aliphatic rings. The Hall–Kier alpha value is -2.37. The molecule has 2 rings (SSSR count). The molecule has 1 aliphatic heterocycles. The van der Waals surface area contributed by atoms with Crippen molar-refractivity contribution in [2.75, 3.05) is 13.7 Å². The van der Waals surface area contributed by atoms with Gasteiger partial charge in [0, 0.05) is 24.4 Å². The Bertz CT molecular complexity index is 617. The van der Waals surface area contributed by atoms with E-state index in [1.165, 1.54) is 13.2 Å². The van der Waals surface area contributed by atoms with Crippen LogP contribution in [0.1, 0.15) is 32.8 Å². The van der Waals surface area contributed by atoms with Crippen molar-refractivity contribution >= 4 is 17.6 Å². The van der Waals surface area contributed by atoms with E-state index in [2.05, 4.69) is 4.98 Å². The topological polar surface area (TPSA) is 68.7 Å². The number of imide groups is 1. The van der Waals surface area contributed by atoms with Crippen LogP contribution in [0.15, 0.2) is 24.4 Å². The van der Waals surface area contributed by atoms with Gasteiger partial charge in [0.2, 0.25) is 5.88 Å². The summed E-state index contributed by atoms with van der Waals surface area (Å²) in [4.78, 5) is 29.4. The van der Waals surface area contributed by atoms with Crippen LogP contribution < -0.4 is 4.74 Å². The zero-order valence-electron chi connectivity index (χ0n) is 13.3. The van der Waals surface area contributed by atoms with E-state index in [0.717, 1.165) is 16.0 Å². The molecule has 6 nitrogen and oxygen atoms in total. The molecule has 6 heteroatoms. The lowest BCUT2D eigenvalue weighted by Crippen LogP contribution is -2.42. The second-order valence-electron chi connectivity index (χ2n) is 5.95. The van der Waals surface area contributed by atoms with Crippen LogP contribution in [0.3, 0.4) is 0 Å². The first-order chi connectivity index (χ1) is 10.3. The summed E-state index contributed by atoms with van der Waals surface area (Å²) in [5.41, 5.74) is 0.936. The van der Waals surface area contributed by atoms with Crippen LogP contribution in [-0.2, 0) is 9.53 Å². The number of hydrogen-bond donors (Lipinski definition) is 0. The van der Waals surface area contributed by atoms with Crippen LogP contribution in [0.5, 0.6) is 5.88 Å². The molecule has 0 aromatic carbocycles. The van der Waals surface area contributed by atoms with Crippen molar-refractivity contribution in [1.82, 2.24) is 9.88 Å². The van der Waals surface area contributed by atoms with E-state index in [0.29, 0.717) is 12.3 Å². The molecule has 22 heavy (non-hydrogen) atoms. The average Bonchev–Trinajstić information content (AvgIpc) is 2.45. The Morgan fingerprint density at radius 1 is 1.36 bits per heavy atom. The van der Waals surface area contributed by atoms with Gasteiger partial charge in [0.1, 0.15) is 5.60 Å². The number of nitrogens with zero attached hydrogens (tertiary/aromatic N) is 2. The Morgan fingerprint density at radius 3 is 2.68 bits per heavy atom. The molecule has 2 heterocycles. The maximum atomic E-state index is 12.2. The Labute approximate surface area is 129 Å². The summed E-state index contributed by atoms with van der Waals surface area (Å²) in [6.07, 6.45) is 2.98. The first-order valence-electron chi connectivity index (χ1n) is 7.06. The minimum Gasteiger partial charge on any atom is -0.481 e. The van der Waals surface area contributed by atoms with Crippen molar-refractivity contribution in [1.29, 1.82) is 0 Å². The third-order valence-corrected chi connectivity index (χ3v) is 3.09. The molecule has 0 spiro atoms. The van der Waals surface area contributed by atoms with Crippen molar-refractivity contribution in [3.05, 3.63) is 30.0 Å². The standard InChI is InChI=1S/C16H20N2O4/c1-16(2,3)22-15(20)18-9-7-11(10-13(18)19)12-6-5-8-17-14(12)21-4/h5-6,8,10H,7,9H2,1-4H3. The fourth-order valence-corrected chi connectivity index (χ4v) is 2.15. The van der Waals surface area contributed by atoms with Gasteiger partial charge in [0.25, 0.3) is 5.91 Å². The van der Waals surface area contributed by atoms with Gasteiger partial charge in [-0.15, -0.1) is 0 Å². The molecule has 0 bridgehead atoms. The highest BCUT2D eigenvalue weighted by molar-refractivity contribution is 6.04. The number of carbonyl (C=O) groups is 2. The van der Waals surface area contributed by atoms with Crippen molar-refractivity contribution in [3.63, 3.8) is 0 Å². The molecule has 118 valence electrons. The predicted molar refractivity (Wildman–Crippen MR) is 81.3 cm³/mol. The quantitative estimate of drug-likeness (QED) is 0.840. The van der Waals surface area contributed by atoms with Crippen molar-refractivity contribution in [3.8, 4) is 5.88 Å². The first-order valence-corrected chi connectivity index (χ1v) is 7.06. The second kappa shape index (κ2) is 6.17. The number of ether oxygens (including phenoxy) is 2. The molecule has 0 saturated carbocycles. The van der Waals surface area contributed by atoms with Gasteiger partial charge < -0.3 is 9.47 Å². The molecule has 0 aliphatic carbocycles. The summed E-state index contributed by atoms with van der Waals surface area (Å²) in [7, 11) is 1.53. The normalized spacial score (nSPS) is 15.4. The van der Waals surface area contributed by atoms with Crippen LogP contribution in [0.2, 0.25) is 0 Å². The lowest BCUT2D eigenvalue weighted by molar-refractivity contribution is -0.125. The van der Waals surface area contributed by atoms with Gasteiger partial charge >= 0.3 is 6.09 Å². The van der Waals surface area contributed by atoms with Gasteiger partial charge in [-0.3, -0.25) is 4.79 Å². The lowest BCUT2D eigenvalue weighted by Gasteiger charge is -2.28. The molecule has 0 atom stereocenters. The monoisotopic (exact) mass is 304 g/mol. The highest BCUT2D eigenvalue weighted by Crippen LogP contribution is 2.29. The van der Waals surface area contributed by atoms with Crippen molar-refractivity contribution in [2.24, 2.45) is 0 Å². The van der Waals surface area contributed by atoms with Crippen LogP contribution in [0, 0.1) is 0 Å². The van der Waals surface area contributed by atoms with Crippen LogP contribution in [0.25, 0.3) is 5.57 Å². The SMILES string of the molecule is COc1ncccc1C1=CC(=O)N(C(=O)OC(C)(C)C)CC1. The molecule has 0 N–H and O–H groups in total. The van der Waals surface area contributed by atoms with E-state index < -0.39 is 11.7 Å². The number of hydrogen-bond acceptors (Lipinski definition) is 5. The van der Waals surface area contributed by atoms with E-state index in [4.69, 9.17) is 9.47 Å². The predicted octanol–water partition coefficient (Wildman–Crippen LogP) is 2.64. The van der Waals surface area contributed by atoms with Crippen molar-refractivity contribution < 1.29 is 19.1 Å². The smallest absolute Gasteiger partial charge is 0.417 e. The van der Waals surface area contributed by atoms with Gasteiger partial charge in [0.15, 0.2) is 0 Å². The van der Waals surface area contributed by atoms with Crippen LogP contribution >= 0.6 is 0 Å². The summed E-state index contributed by atoms with van der Waals surface area (Å²) in [6.45, 7) is 5.57. The van der Waals surface area contributed by atoms with Gasteiger partial charge in [0.05, 0.1) is 7.11 Å². The van der Waals surface area contributed by atoms with E-state index in [1.54, 1.807) is 33.0 Å². The first kappa shape index (κ1) is 16.0. The van der Waals surface area contributed by atoms with Gasteiger partial charge in [-0.25, -0.2) is 14.7 Å². The largest absolute Gasteiger partial charge is 0.481 e. The number of aromatic nitrogens is 1. The molecule has 2 amide bonds. The zero-order chi connectivity index (χ0) is 16.3. The summed E-state index contributed by atoms with van der Waals surface area (Å²) >= 11 is 0. The average molecular weight is 304 g/mol. The minimum absolute atomic E-state index is 0.275. The van der Waals surface area contributed by atoms with E-state index in [1.807, 2.05) is 6.07 Å².